The first-order chi connectivity index (χ1) is 14.9. The summed E-state index contributed by atoms with van der Waals surface area (Å²) in [7, 11) is 0. The third-order valence-corrected chi connectivity index (χ3v) is 4.21. The molecule has 1 amide bonds. The quantitative estimate of drug-likeness (QED) is 0.324. The van der Waals surface area contributed by atoms with E-state index < -0.39 is 16.8 Å². The van der Waals surface area contributed by atoms with Crippen LogP contribution in [0.4, 0.5) is 5.69 Å². The van der Waals surface area contributed by atoms with Gasteiger partial charge in [-0.05, 0) is 41.5 Å². The molecule has 2 N–H and O–H groups in total. The van der Waals surface area contributed by atoms with Crippen molar-refractivity contribution >= 4 is 23.6 Å². The molecule has 8 nitrogen and oxygen atoms in total. The van der Waals surface area contributed by atoms with E-state index in [9.17, 15) is 24.8 Å². The zero-order valence-electron chi connectivity index (χ0n) is 16.2. The van der Waals surface area contributed by atoms with E-state index in [4.69, 9.17) is 4.74 Å². The second-order valence-electron chi connectivity index (χ2n) is 6.47. The minimum atomic E-state index is -1.29. The number of aliphatic carboxylic acids is 1. The van der Waals surface area contributed by atoms with E-state index in [0.717, 1.165) is 0 Å². The van der Waals surface area contributed by atoms with Crippen molar-refractivity contribution in [3.63, 3.8) is 0 Å². The number of benzene rings is 3. The molecule has 3 rings (SSSR count). The predicted octanol–water partition coefficient (Wildman–Crippen LogP) is 4.03. The maximum Gasteiger partial charge on any atom is 0.352 e. The highest BCUT2D eigenvalue weighted by molar-refractivity contribution is 6.02. The van der Waals surface area contributed by atoms with Crippen molar-refractivity contribution in [2.45, 2.75) is 6.61 Å². The van der Waals surface area contributed by atoms with Crippen molar-refractivity contribution in [1.29, 1.82) is 0 Å². The smallest absolute Gasteiger partial charge is 0.352 e. The average Bonchev–Trinajstić information content (AvgIpc) is 2.78. The number of nitrogens with zero attached hydrogens (tertiary/aromatic N) is 1. The van der Waals surface area contributed by atoms with Crippen LogP contribution in [-0.2, 0) is 11.4 Å². The topological polar surface area (TPSA) is 119 Å². The van der Waals surface area contributed by atoms with Gasteiger partial charge < -0.3 is 15.2 Å². The summed E-state index contributed by atoms with van der Waals surface area (Å²) in [4.78, 5) is 34.2. The summed E-state index contributed by atoms with van der Waals surface area (Å²) < 4.78 is 5.67. The van der Waals surface area contributed by atoms with Gasteiger partial charge in [0.1, 0.15) is 18.1 Å². The summed E-state index contributed by atoms with van der Waals surface area (Å²) in [5.41, 5.74) is 1.14. The largest absolute Gasteiger partial charge is 0.489 e. The molecular weight excluding hydrogens is 400 g/mol. The van der Waals surface area contributed by atoms with Gasteiger partial charge in [-0.3, -0.25) is 14.9 Å². The van der Waals surface area contributed by atoms with Crippen molar-refractivity contribution in [2.24, 2.45) is 0 Å². The average molecular weight is 418 g/mol. The molecule has 31 heavy (non-hydrogen) atoms. The molecule has 0 radical (unpaired) electrons. The van der Waals surface area contributed by atoms with Crippen LogP contribution in [0.25, 0.3) is 6.08 Å². The van der Waals surface area contributed by atoms with Crippen molar-refractivity contribution in [3.05, 3.63) is 111 Å². The SMILES string of the molecule is O=C(O)C(=Cc1cccc(OCc2cccc([N+](=O)[O-])c2)c1)NC(=O)c1ccccc1. The lowest BCUT2D eigenvalue weighted by Gasteiger charge is -2.09. The highest BCUT2D eigenvalue weighted by atomic mass is 16.6. The molecule has 0 fully saturated rings. The lowest BCUT2D eigenvalue weighted by Crippen LogP contribution is -2.27. The van der Waals surface area contributed by atoms with Gasteiger partial charge in [0, 0.05) is 17.7 Å². The Kier molecular flexibility index (Phi) is 6.74. The summed E-state index contributed by atoms with van der Waals surface area (Å²) >= 11 is 0. The summed E-state index contributed by atoms with van der Waals surface area (Å²) in [6.07, 6.45) is 1.32. The molecule has 0 spiro atoms. The number of hydrogen-bond acceptors (Lipinski definition) is 5. The second-order valence-corrected chi connectivity index (χ2v) is 6.47. The Hall–Kier alpha value is -4.46. The van der Waals surface area contributed by atoms with Crippen LogP contribution >= 0.6 is 0 Å². The van der Waals surface area contributed by atoms with E-state index in [1.807, 2.05) is 0 Å². The highest BCUT2D eigenvalue weighted by Gasteiger charge is 2.13. The first-order valence-corrected chi connectivity index (χ1v) is 9.20. The monoisotopic (exact) mass is 418 g/mol. The van der Waals surface area contributed by atoms with Crippen LogP contribution in [0, 0.1) is 10.1 Å². The Balaban J connectivity index is 1.73. The number of nitrogens with one attached hydrogen (secondary N) is 1. The van der Waals surface area contributed by atoms with E-state index >= 15 is 0 Å². The highest BCUT2D eigenvalue weighted by Crippen LogP contribution is 2.19. The third kappa shape index (κ3) is 6.01. The Bertz CT molecular complexity index is 1140. The zero-order chi connectivity index (χ0) is 22.2. The van der Waals surface area contributed by atoms with E-state index in [0.29, 0.717) is 22.4 Å². The van der Waals surface area contributed by atoms with Crippen LogP contribution in [0.1, 0.15) is 21.5 Å². The van der Waals surface area contributed by atoms with E-state index in [-0.39, 0.29) is 18.0 Å². The van der Waals surface area contributed by atoms with E-state index in [2.05, 4.69) is 5.32 Å². The molecule has 0 aliphatic heterocycles. The molecule has 0 heterocycles. The van der Waals surface area contributed by atoms with Gasteiger partial charge in [-0.2, -0.15) is 0 Å². The van der Waals surface area contributed by atoms with Crippen LogP contribution in [-0.4, -0.2) is 21.9 Å². The Morgan fingerprint density at radius 2 is 1.74 bits per heavy atom. The molecule has 0 aliphatic carbocycles. The standard InChI is InChI=1S/C23H18N2O6/c26-22(18-8-2-1-3-9-18)24-21(23(27)28)14-16-6-5-11-20(13-16)31-15-17-7-4-10-19(12-17)25(29)30/h1-14H,15H2,(H,24,26)(H,27,28). The first-order valence-electron chi connectivity index (χ1n) is 9.20. The number of rotatable bonds is 8. The van der Waals surface area contributed by atoms with Gasteiger partial charge >= 0.3 is 5.97 Å². The van der Waals surface area contributed by atoms with Crippen LogP contribution in [0.2, 0.25) is 0 Å². The van der Waals surface area contributed by atoms with Gasteiger partial charge in [0.25, 0.3) is 11.6 Å². The number of ether oxygens (including phenoxy) is 1. The molecule has 0 atom stereocenters. The maximum absolute atomic E-state index is 12.3. The van der Waals surface area contributed by atoms with Gasteiger partial charge in [-0.1, -0.05) is 42.5 Å². The normalized spacial score (nSPS) is 10.9. The Morgan fingerprint density at radius 1 is 1.00 bits per heavy atom. The van der Waals surface area contributed by atoms with Gasteiger partial charge in [0.2, 0.25) is 0 Å². The van der Waals surface area contributed by atoms with Crippen molar-refractivity contribution in [3.8, 4) is 5.75 Å². The van der Waals surface area contributed by atoms with Gasteiger partial charge in [0.15, 0.2) is 0 Å². The number of carbonyl (C=O) groups is 2. The van der Waals surface area contributed by atoms with Crippen LogP contribution in [0.5, 0.6) is 5.75 Å². The molecule has 0 unspecified atom stereocenters. The second kappa shape index (κ2) is 9.84. The summed E-state index contributed by atoms with van der Waals surface area (Å²) in [6, 6.07) is 21.0. The van der Waals surface area contributed by atoms with E-state index in [1.165, 1.54) is 18.2 Å². The van der Waals surface area contributed by atoms with Crippen molar-refractivity contribution in [1.82, 2.24) is 5.32 Å². The van der Waals surface area contributed by atoms with Crippen molar-refractivity contribution < 1.29 is 24.4 Å². The molecule has 3 aromatic carbocycles. The summed E-state index contributed by atoms with van der Waals surface area (Å²) in [5.74, 6) is -1.38. The number of carboxylic acid groups (broad SMARTS) is 1. The number of nitro groups is 1. The predicted molar refractivity (Wildman–Crippen MR) is 113 cm³/mol. The first kappa shape index (κ1) is 21.3. The fourth-order valence-electron chi connectivity index (χ4n) is 2.72. The van der Waals surface area contributed by atoms with Crippen LogP contribution < -0.4 is 10.1 Å². The number of non-ortho nitro benzene ring substituents is 1. The Morgan fingerprint density at radius 3 is 2.45 bits per heavy atom. The van der Waals surface area contributed by atoms with Crippen LogP contribution in [0.15, 0.2) is 84.6 Å². The zero-order valence-corrected chi connectivity index (χ0v) is 16.2. The molecule has 0 aliphatic rings. The molecule has 8 heteroatoms. The van der Waals surface area contributed by atoms with Gasteiger partial charge in [0.05, 0.1) is 4.92 Å². The lowest BCUT2D eigenvalue weighted by atomic mass is 10.1. The van der Waals surface area contributed by atoms with Crippen molar-refractivity contribution in [2.75, 3.05) is 0 Å². The molecular formula is C23H18N2O6. The Labute approximate surface area is 177 Å². The molecule has 3 aromatic rings. The molecule has 0 aromatic heterocycles. The fraction of sp³-hybridized carbons (Fsp3) is 0.0435. The van der Waals surface area contributed by atoms with Gasteiger partial charge in [-0.15, -0.1) is 0 Å². The summed E-state index contributed by atoms with van der Waals surface area (Å²) in [5, 5.41) is 22.7. The number of carboxylic acids is 1. The molecule has 0 bridgehead atoms. The maximum atomic E-state index is 12.3. The number of amides is 1. The summed E-state index contributed by atoms with van der Waals surface area (Å²) in [6.45, 7) is 0.103. The fourth-order valence-corrected chi connectivity index (χ4v) is 2.72. The minimum Gasteiger partial charge on any atom is -0.489 e. The number of hydrogen-bond donors (Lipinski definition) is 2. The lowest BCUT2D eigenvalue weighted by molar-refractivity contribution is -0.384. The van der Waals surface area contributed by atoms with Gasteiger partial charge in [-0.25, -0.2) is 4.79 Å². The van der Waals surface area contributed by atoms with Crippen LogP contribution in [0.3, 0.4) is 0 Å². The third-order valence-electron chi connectivity index (χ3n) is 4.21. The van der Waals surface area contributed by atoms with E-state index in [1.54, 1.807) is 66.7 Å². The minimum absolute atomic E-state index is 0.0296. The number of carbonyl (C=O) groups excluding carboxylic acids is 1. The molecule has 0 saturated heterocycles. The molecule has 0 saturated carbocycles. The number of nitro benzene ring substituents is 1. The molecule has 156 valence electrons.